The summed E-state index contributed by atoms with van der Waals surface area (Å²) in [5.41, 5.74) is 0. The van der Waals surface area contributed by atoms with Crippen molar-refractivity contribution in [1.29, 1.82) is 0 Å². The molecule has 11 heteroatoms. The highest BCUT2D eigenvalue weighted by molar-refractivity contribution is 5.80. The van der Waals surface area contributed by atoms with Crippen molar-refractivity contribution in [2.24, 2.45) is 0 Å². The molecule has 1 aliphatic rings. The highest BCUT2D eigenvalue weighted by Crippen LogP contribution is 2.26. The third kappa shape index (κ3) is 37.4. The molecule has 1 fully saturated rings. The Morgan fingerprint density at radius 2 is 0.986 bits per heavy atom. The number of hydrogen-bond donors (Lipinski definition) is 6. The first kappa shape index (κ1) is 67.1. The molecular formula is C62H101NO10. The van der Waals surface area contributed by atoms with Gasteiger partial charge in [-0.3, -0.25) is 9.59 Å². The van der Waals surface area contributed by atoms with Crippen molar-refractivity contribution in [2.45, 2.75) is 243 Å². The van der Waals surface area contributed by atoms with Gasteiger partial charge in [-0.15, -0.1) is 0 Å². The Balaban J connectivity index is 2.80. The fourth-order valence-corrected chi connectivity index (χ4v) is 8.09. The summed E-state index contributed by atoms with van der Waals surface area (Å²) in [4.78, 5) is 26.5. The van der Waals surface area contributed by atoms with Gasteiger partial charge in [0.05, 0.1) is 25.4 Å². The van der Waals surface area contributed by atoms with E-state index >= 15 is 0 Å². The largest absolute Gasteiger partial charge is 0.454 e. The first-order valence-electron chi connectivity index (χ1n) is 28.4. The van der Waals surface area contributed by atoms with Crippen molar-refractivity contribution in [3.63, 3.8) is 0 Å². The predicted molar refractivity (Wildman–Crippen MR) is 301 cm³/mol. The van der Waals surface area contributed by atoms with Crippen molar-refractivity contribution in [3.8, 4) is 0 Å². The Bertz CT molecular complexity index is 1640. The molecule has 414 valence electrons. The Morgan fingerprint density at radius 3 is 1.48 bits per heavy atom. The van der Waals surface area contributed by atoms with E-state index in [2.05, 4.69) is 62.5 Å². The minimum Gasteiger partial charge on any atom is -0.454 e. The lowest BCUT2D eigenvalue weighted by Gasteiger charge is -2.41. The Labute approximate surface area is 442 Å². The number of unbranched alkanes of at least 4 members (excludes halogenated alkanes) is 20. The van der Waals surface area contributed by atoms with Crippen LogP contribution >= 0.6 is 0 Å². The zero-order valence-corrected chi connectivity index (χ0v) is 45.4. The van der Waals surface area contributed by atoms with E-state index in [4.69, 9.17) is 14.2 Å². The van der Waals surface area contributed by atoms with Crippen molar-refractivity contribution in [1.82, 2.24) is 5.32 Å². The summed E-state index contributed by atoms with van der Waals surface area (Å²) in [6, 6.07) is -1.05. The van der Waals surface area contributed by atoms with Crippen molar-refractivity contribution in [3.05, 3.63) is 122 Å². The molecule has 8 unspecified atom stereocenters. The number of aliphatic hydroxyl groups excluding tert-OH is 5. The molecule has 0 aromatic heterocycles. The smallest absolute Gasteiger partial charge is 0.306 e. The Morgan fingerprint density at radius 1 is 0.548 bits per heavy atom. The van der Waals surface area contributed by atoms with E-state index in [-0.39, 0.29) is 19.4 Å². The number of ether oxygens (including phenoxy) is 3. The topological polar surface area (TPSA) is 175 Å². The number of amides is 1. The van der Waals surface area contributed by atoms with Crippen LogP contribution in [0.15, 0.2) is 122 Å². The molecule has 0 aromatic carbocycles. The van der Waals surface area contributed by atoms with Crippen LogP contribution in [0.3, 0.4) is 0 Å². The zero-order chi connectivity index (χ0) is 53.3. The molecule has 1 rings (SSSR count). The number of carbonyl (C=O) groups excluding carboxylic acids is 2. The summed E-state index contributed by atoms with van der Waals surface area (Å²) < 4.78 is 17.5. The lowest BCUT2D eigenvalue weighted by atomic mass is 9.99. The minimum atomic E-state index is -1.64. The summed E-state index contributed by atoms with van der Waals surface area (Å²) in [5, 5.41) is 56.8. The molecule has 0 bridgehead atoms. The first-order chi connectivity index (χ1) is 35.7. The van der Waals surface area contributed by atoms with Crippen LogP contribution in [-0.2, 0) is 23.8 Å². The molecule has 8 atom stereocenters. The van der Waals surface area contributed by atoms with Gasteiger partial charge in [0, 0.05) is 6.42 Å². The van der Waals surface area contributed by atoms with E-state index in [0.29, 0.717) is 12.8 Å². The fourth-order valence-electron chi connectivity index (χ4n) is 8.09. The highest BCUT2D eigenvalue weighted by atomic mass is 16.7. The van der Waals surface area contributed by atoms with Crippen LogP contribution in [0.1, 0.15) is 194 Å². The molecule has 1 saturated heterocycles. The van der Waals surface area contributed by atoms with E-state index in [1.807, 2.05) is 79.0 Å². The number of hydrogen-bond acceptors (Lipinski definition) is 10. The summed E-state index contributed by atoms with van der Waals surface area (Å²) >= 11 is 0. The number of nitrogens with one attached hydrogen (secondary N) is 1. The molecule has 1 amide bonds. The maximum Gasteiger partial charge on any atom is 0.306 e. The van der Waals surface area contributed by atoms with E-state index in [1.54, 1.807) is 6.08 Å². The number of rotatable bonds is 45. The van der Waals surface area contributed by atoms with Crippen molar-refractivity contribution < 1.29 is 49.3 Å². The molecule has 73 heavy (non-hydrogen) atoms. The Hall–Kier alpha value is -3.94. The second kappa shape index (κ2) is 49.0. The molecule has 1 heterocycles. The maximum atomic E-state index is 13.4. The van der Waals surface area contributed by atoms with Crippen molar-refractivity contribution >= 4 is 11.9 Å². The number of aliphatic hydroxyl groups is 5. The monoisotopic (exact) mass is 1020 g/mol. The Kier molecular flexibility index (Phi) is 45.0. The van der Waals surface area contributed by atoms with Gasteiger partial charge in [-0.05, 0) is 64.2 Å². The summed E-state index contributed by atoms with van der Waals surface area (Å²) in [6.07, 6.45) is 56.6. The lowest BCUT2D eigenvalue weighted by molar-refractivity contribution is -0.305. The van der Waals surface area contributed by atoms with Crippen LogP contribution in [0.4, 0.5) is 0 Å². The number of esters is 1. The first-order valence-corrected chi connectivity index (χ1v) is 28.4. The minimum absolute atomic E-state index is 0.0634. The van der Waals surface area contributed by atoms with Crippen LogP contribution in [0.5, 0.6) is 0 Å². The van der Waals surface area contributed by atoms with E-state index in [9.17, 15) is 35.1 Å². The van der Waals surface area contributed by atoms with E-state index < -0.39 is 67.4 Å². The molecule has 0 radical (unpaired) electrons. The summed E-state index contributed by atoms with van der Waals surface area (Å²) in [7, 11) is 0. The van der Waals surface area contributed by atoms with Gasteiger partial charge in [-0.1, -0.05) is 245 Å². The third-order valence-electron chi connectivity index (χ3n) is 12.6. The molecule has 11 nitrogen and oxygen atoms in total. The SMILES string of the molecule is CC\C=C/C=C/C=C/C=C\C=C\C=C\CCCCCC(=O)OC1C(OCC(NC(=O)C(O)CCCCCCCC/C=C/C=C/C=C/CC)C(O)/C=C/CCCCCCCCCCCCC)OC(CO)C(O)C1O. The van der Waals surface area contributed by atoms with Gasteiger partial charge in [0.25, 0.3) is 0 Å². The average molecular weight is 1020 g/mol. The second-order valence-electron chi connectivity index (χ2n) is 19.1. The highest BCUT2D eigenvalue weighted by Gasteiger charge is 2.47. The summed E-state index contributed by atoms with van der Waals surface area (Å²) in [6.45, 7) is 5.45. The molecule has 6 N–H and O–H groups in total. The van der Waals surface area contributed by atoms with Gasteiger partial charge in [-0.2, -0.15) is 0 Å². The van der Waals surface area contributed by atoms with E-state index in [1.165, 1.54) is 51.4 Å². The predicted octanol–water partition coefficient (Wildman–Crippen LogP) is 12.7. The van der Waals surface area contributed by atoms with Gasteiger partial charge in [0.15, 0.2) is 12.4 Å². The average Bonchev–Trinajstić information content (AvgIpc) is 3.39. The molecule has 0 saturated carbocycles. The van der Waals surface area contributed by atoms with Crippen LogP contribution in [0.2, 0.25) is 0 Å². The lowest BCUT2D eigenvalue weighted by Crippen LogP contribution is -2.61. The molecule has 0 aromatic rings. The quantitative estimate of drug-likeness (QED) is 0.0149. The van der Waals surface area contributed by atoms with Crippen molar-refractivity contribution in [2.75, 3.05) is 13.2 Å². The number of carbonyl (C=O) groups is 2. The van der Waals surface area contributed by atoms with Crippen LogP contribution < -0.4 is 5.32 Å². The zero-order valence-electron chi connectivity index (χ0n) is 45.4. The fraction of sp³-hybridized carbons (Fsp3) is 0.645. The molecule has 0 spiro atoms. The van der Waals surface area contributed by atoms with Gasteiger partial charge < -0.3 is 45.1 Å². The second-order valence-corrected chi connectivity index (χ2v) is 19.1. The van der Waals surface area contributed by atoms with Gasteiger partial charge in [-0.25, -0.2) is 0 Å². The van der Waals surface area contributed by atoms with Gasteiger partial charge in [0.2, 0.25) is 5.91 Å². The summed E-state index contributed by atoms with van der Waals surface area (Å²) in [5.74, 6) is -1.27. The standard InChI is InChI=1S/C62H101NO10/c1-4-7-10-13-16-19-22-25-27-28-29-32-35-38-41-44-47-50-57(67)73-60-59(69)58(68)56(51-64)72-62(60)71-52-53(54(65)48-45-42-39-36-33-30-24-21-18-15-12-9-6-3)63-61(70)55(66)49-46-43-40-37-34-31-26-23-20-17-14-11-8-5-2/h7-8,10-11,13-14,16-17,19-20,22-23,25,27-29,32,35,45,48,53-56,58-60,62,64-66,68-69H,4-6,9,12,15,18,21,24,26,30-31,33-34,36-44,46-47,49-52H2,1-3H3,(H,63,70)/b10-7-,11-8+,16-13+,17-14+,22-19+,23-20+,27-25-,29-28+,35-32+,48-45+. The molecular weight excluding hydrogens is 919 g/mol. The van der Waals surface area contributed by atoms with Crippen LogP contribution in [-0.4, -0.2) is 99.6 Å². The molecule has 1 aliphatic heterocycles. The number of allylic oxidation sites excluding steroid dienone is 19. The van der Waals surface area contributed by atoms with Crippen LogP contribution in [0.25, 0.3) is 0 Å². The normalized spacial score (nSPS) is 20.4. The maximum absolute atomic E-state index is 13.4. The third-order valence-corrected chi connectivity index (χ3v) is 12.6. The van der Waals surface area contributed by atoms with Gasteiger partial charge >= 0.3 is 5.97 Å². The van der Waals surface area contributed by atoms with Crippen LogP contribution in [0, 0.1) is 0 Å². The van der Waals surface area contributed by atoms with Gasteiger partial charge in [0.1, 0.15) is 24.4 Å². The molecule has 0 aliphatic carbocycles. The van der Waals surface area contributed by atoms with E-state index in [0.717, 1.165) is 96.3 Å².